The van der Waals surface area contributed by atoms with E-state index >= 15 is 0 Å². The van der Waals surface area contributed by atoms with Gasteiger partial charge in [0.2, 0.25) is 0 Å². The molecule has 0 aliphatic carbocycles. The lowest BCUT2D eigenvalue weighted by atomic mass is 10.1. The third kappa shape index (κ3) is 3.11. The zero-order valence-corrected chi connectivity index (χ0v) is 12.9. The summed E-state index contributed by atoms with van der Waals surface area (Å²) in [6.07, 6.45) is 2.75. The summed E-state index contributed by atoms with van der Waals surface area (Å²) in [6.45, 7) is 8.17. The van der Waals surface area contributed by atoms with Crippen molar-refractivity contribution in [3.05, 3.63) is 29.3 Å². The monoisotopic (exact) mass is 293 g/mol. The van der Waals surface area contributed by atoms with Gasteiger partial charge in [-0.1, -0.05) is 23.7 Å². The number of fused-ring (bicyclic) bond motifs is 1. The normalized spacial score (nSPS) is 27.5. The molecule has 0 radical (unpaired) electrons. The number of hydrogen-bond acceptors (Lipinski definition) is 3. The molecule has 1 aromatic carbocycles. The summed E-state index contributed by atoms with van der Waals surface area (Å²) in [5.41, 5.74) is 1.04. The fourth-order valence-corrected chi connectivity index (χ4v) is 3.70. The van der Waals surface area contributed by atoms with Crippen molar-refractivity contribution in [3.8, 4) is 0 Å². The number of para-hydroxylation sites is 1. The van der Waals surface area contributed by atoms with Gasteiger partial charge in [0.15, 0.2) is 0 Å². The van der Waals surface area contributed by atoms with Gasteiger partial charge in [-0.25, -0.2) is 0 Å². The van der Waals surface area contributed by atoms with Gasteiger partial charge in [0.25, 0.3) is 0 Å². The Bertz CT molecular complexity index is 451. The molecule has 4 heteroatoms. The van der Waals surface area contributed by atoms with Crippen molar-refractivity contribution >= 4 is 17.3 Å². The summed E-state index contributed by atoms with van der Waals surface area (Å²) in [6, 6.07) is 9.43. The van der Waals surface area contributed by atoms with E-state index < -0.39 is 0 Å². The molecule has 2 fully saturated rings. The molecule has 2 aliphatic rings. The Hall–Kier alpha value is -0.770. The molecule has 3 rings (SSSR count). The molecule has 0 amide bonds. The van der Waals surface area contributed by atoms with Crippen LogP contribution in [0.3, 0.4) is 0 Å². The van der Waals surface area contributed by atoms with Crippen LogP contribution in [0.1, 0.15) is 19.8 Å². The highest BCUT2D eigenvalue weighted by Crippen LogP contribution is 2.24. The van der Waals surface area contributed by atoms with Crippen LogP contribution in [0.4, 0.5) is 5.69 Å². The molecular formula is C16H24ClN3. The molecule has 110 valence electrons. The summed E-state index contributed by atoms with van der Waals surface area (Å²) in [5.74, 6) is 0. The first kappa shape index (κ1) is 14.2. The third-order valence-corrected chi connectivity index (χ3v) is 4.98. The molecular weight excluding hydrogens is 270 g/mol. The summed E-state index contributed by atoms with van der Waals surface area (Å²) in [4.78, 5) is 5.29. The fraction of sp³-hybridized carbons (Fsp3) is 0.625. The minimum absolute atomic E-state index is 0.664. The van der Waals surface area contributed by atoms with Crippen LogP contribution in [0.15, 0.2) is 24.3 Å². The van der Waals surface area contributed by atoms with Gasteiger partial charge in [0.1, 0.15) is 0 Å². The SMILES string of the molecule is CC1CN2CCCC2CN1CCNc1ccccc1Cl. The van der Waals surface area contributed by atoms with Crippen LogP contribution >= 0.6 is 11.6 Å². The number of hydrogen-bond donors (Lipinski definition) is 1. The van der Waals surface area contributed by atoms with Gasteiger partial charge < -0.3 is 5.32 Å². The van der Waals surface area contributed by atoms with Gasteiger partial charge in [-0.05, 0) is 38.4 Å². The van der Waals surface area contributed by atoms with Crippen LogP contribution in [0, 0.1) is 0 Å². The fourth-order valence-electron chi connectivity index (χ4n) is 3.50. The van der Waals surface area contributed by atoms with E-state index in [1.165, 1.54) is 32.5 Å². The predicted molar refractivity (Wildman–Crippen MR) is 85.6 cm³/mol. The van der Waals surface area contributed by atoms with E-state index in [-0.39, 0.29) is 0 Å². The van der Waals surface area contributed by atoms with Gasteiger partial charge in [-0.3, -0.25) is 9.80 Å². The molecule has 1 N–H and O–H groups in total. The van der Waals surface area contributed by atoms with Crippen LogP contribution in [0.2, 0.25) is 5.02 Å². The van der Waals surface area contributed by atoms with Gasteiger partial charge in [-0.15, -0.1) is 0 Å². The van der Waals surface area contributed by atoms with Crippen molar-refractivity contribution in [2.45, 2.75) is 31.8 Å². The molecule has 0 spiro atoms. The topological polar surface area (TPSA) is 18.5 Å². The number of halogens is 1. The zero-order valence-electron chi connectivity index (χ0n) is 12.2. The van der Waals surface area contributed by atoms with Crippen LogP contribution in [0.25, 0.3) is 0 Å². The second-order valence-electron chi connectivity index (χ2n) is 6.04. The number of rotatable bonds is 4. The standard InChI is InChI=1S/C16H24ClN3/c1-13-11-20-9-4-5-14(20)12-19(13)10-8-18-16-7-3-2-6-15(16)17/h2-3,6-7,13-14,18H,4-5,8-12H2,1H3. The Kier molecular flexibility index (Phi) is 4.49. The number of anilines is 1. The van der Waals surface area contributed by atoms with E-state index in [2.05, 4.69) is 22.0 Å². The van der Waals surface area contributed by atoms with Crippen LogP contribution in [0.5, 0.6) is 0 Å². The smallest absolute Gasteiger partial charge is 0.0637 e. The highest BCUT2D eigenvalue weighted by atomic mass is 35.5. The molecule has 2 saturated heterocycles. The van der Waals surface area contributed by atoms with Gasteiger partial charge >= 0.3 is 0 Å². The van der Waals surface area contributed by atoms with Crippen LogP contribution < -0.4 is 5.32 Å². The lowest BCUT2D eigenvalue weighted by Gasteiger charge is -2.42. The van der Waals surface area contributed by atoms with E-state index in [0.717, 1.165) is 29.8 Å². The molecule has 0 bridgehead atoms. The Balaban J connectivity index is 1.49. The number of nitrogens with one attached hydrogen (secondary N) is 1. The molecule has 3 nitrogen and oxygen atoms in total. The Morgan fingerprint density at radius 1 is 1.30 bits per heavy atom. The number of piperazine rings is 1. The van der Waals surface area contributed by atoms with Crippen molar-refractivity contribution in [1.29, 1.82) is 0 Å². The van der Waals surface area contributed by atoms with Gasteiger partial charge in [0.05, 0.1) is 10.7 Å². The third-order valence-electron chi connectivity index (χ3n) is 4.65. The average Bonchev–Trinajstić information content (AvgIpc) is 2.88. The molecule has 0 saturated carbocycles. The Morgan fingerprint density at radius 3 is 3.00 bits per heavy atom. The number of benzene rings is 1. The second kappa shape index (κ2) is 6.33. The molecule has 2 unspecified atom stereocenters. The number of nitrogens with zero attached hydrogens (tertiary/aromatic N) is 2. The maximum atomic E-state index is 6.16. The summed E-state index contributed by atoms with van der Waals surface area (Å²) >= 11 is 6.16. The van der Waals surface area contributed by atoms with Crippen molar-refractivity contribution in [3.63, 3.8) is 0 Å². The lowest BCUT2D eigenvalue weighted by molar-refractivity contribution is 0.0627. The highest BCUT2D eigenvalue weighted by molar-refractivity contribution is 6.33. The molecule has 20 heavy (non-hydrogen) atoms. The second-order valence-corrected chi connectivity index (χ2v) is 6.45. The van der Waals surface area contributed by atoms with Gasteiger partial charge in [-0.2, -0.15) is 0 Å². The first-order chi connectivity index (χ1) is 9.74. The van der Waals surface area contributed by atoms with E-state index in [4.69, 9.17) is 11.6 Å². The first-order valence-corrected chi connectivity index (χ1v) is 8.08. The molecule has 2 aliphatic heterocycles. The Morgan fingerprint density at radius 2 is 2.15 bits per heavy atom. The van der Waals surface area contributed by atoms with Crippen LogP contribution in [-0.2, 0) is 0 Å². The van der Waals surface area contributed by atoms with Crippen molar-refractivity contribution < 1.29 is 0 Å². The van der Waals surface area contributed by atoms with E-state index in [9.17, 15) is 0 Å². The van der Waals surface area contributed by atoms with Crippen molar-refractivity contribution in [2.75, 3.05) is 38.0 Å². The lowest BCUT2D eigenvalue weighted by Crippen LogP contribution is -2.55. The van der Waals surface area contributed by atoms with Gasteiger partial charge in [0, 0.05) is 38.3 Å². The van der Waals surface area contributed by atoms with E-state index in [1.807, 2.05) is 24.3 Å². The molecule has 0 aromatic heterocycles. The first-order valence-electron chi connectivity index (χ1n) is 7.70. The minimum atomic E-state index is 0.664. The largest absolute Gasteiger partial charge is 0.383 e. The van der Waals surface area contributed by atoms with Crippen molar-refractivity contribution in [1.82, 2.24) is 9.80 Å². The highest BCUT2D eigenvalue weighted by Gasteiger charge is 2.33. The van der Waals surface area contributed by atoms with Crippen molar-refractivity contribution in [2.24, 2.45) is 0 Å². The maximum absolute atomic E-state index is 6.16. The summed E-state index contributed by atoms with van der Waals surface area (Å²) in [5, 5.41) is 4.26. The van der Waals surface area contributed by atoms with E-state index in [1.54, 1.807) is 0 Å². The quantitative estimate of drug-likeness (QED) is 0.921. The van der Waals surface area contributed by atoms with Crippen LogP contribution in [-0.4, -0.2) is 54.6 Å². The van der Waals surface area contributed by atoms with E-state index in [0.29, 0.717) is 6.04 Å². The summed E-state index contributed by atoms with van der Waals surface area (Å²) in [7, 11) is 0. The minimum Gasteiger partial charge on any atom is -0.383 e. The Labute approximate surface area is 126 Å². The predicted octanol–water partition coefficient (Wildman–Crippen LogP) is 2.92. The molecule has 1 aromatic rings. The molecule has 2 atom stereocenters. The summed E-state index contributed by atoms with van der Waals surface area (Å²) < 4.78 is 0. The maximum Gasteiger partial charge on any atom is 0.0637 e. The zero-order chi connectivity index (χ0) is 13.9. The average molecular weight is 294 g/mol. The molecule has 2 heterocycles.